The van der Waals surface area contributed by atoms with E-state index in [1.54, 1.807) is 0 Å². The lowest BCUT2D eigenvalue weighted by Crippen LogP contribution is -2.38. The Balaban J connectivity index is 2.41. The van der Waals surface area contributed by atoms with Crippen molar-refractivity contribution in [2.45, 2.75) is 30.0 Å². The Morgan fingerprint density at radius 2 is 2.06 bits per heavy atom. The summed E-state index contributed by atoms with van der Waals surface area (Å²) in [7, 11) is 0. The molecule has 1 aliphatic heterocycles. The number of hydrogen-bond donors (Lipinski definition) is 0. The molecule has 1 heterocycles. The van der Waals surface area contributed by atoms with Crippen LogP contribution in [0.4, 0.5) is 0 Å². The van der Waals surface area contributed by atoms with Crippen molar-refractivity contribution in [3.05, 3.63) is 0 Å². The van der Waals surface area contributed by atoms with Crippen molar-refractivity contribution < 1.29 is 14.3 Å². The SMILES string of the molecule is CCCCOC(=O)C1CCN(C(=O)C(Cl)(Cl)Cl)C1. The lowest BCUT2D eigenvalue weighted by Gasteiger charge is -2.20. The van der Waals surface area contributed by atoms with E-state index in [0.717, 1.165) is 12.8 Å². The van der Waals surface area contributed by atoms with Crippen LogP contribution in [0, 0.1) is 5.92 Å². The summed E-state index contributed by atoms with van der Waals surface area (Å²) in [6.45, 7) is 3.12. The van der Waals surface area contributed by atoms with Crippen molar-refractivity contribution in [2.24, 2.45) is 5.92 Å². The third-order valence-corrected chi connectivity index (χ3v) is 3.28. The van der Waals surface area contributed by atoms with Gasteiger partial charge in [-0.2, -0.15) is 0 Å². The molecule has 1 aliphatic rings. The first-order chi connectivity index (χ1) is 8.36. The van der Waals surface area contributed by atoms with Crippen LogP contribution in [0.1, 0.15) is 26.2 Å². The van der Waals surface area contributed by atoms with Gasteiger partial charge in [-0.25, -0.2) is 0 Å². The molecule has 1 amide bonds. The fourth-order valence-electron chi connectivity index (χ4n) is 1.75. The number of nitrogens with zero attached hydrogens (tertiary/aromatic N) is 1. The molecule has 7 heteroatoms. The first-order valence-corrected chi connectivity index (χ1v) is 7.02. The maximum Gasteiger partial charge on any atom is 0.310 e. The van der Waals surface area contributed by atoms with E-state index >= 15 is 0 Å². The van der Waals surface area contributed by atoms with Gasteiger partial charge in [-0.15, -0.1) is 0 Å². The molecule has 0 aromatic rings. The summed E-state index contributed by atoms with van der Waals surface area (Å²) < 4.78 is 3.15. The molecule has 0 radical (unpaired) electrons. The largest absolute Gasteiger partial charge is 0.465 e. The number of likely N-dealkylation sites (tertiary alicyclic amines) is 1. The van der Waals surface area contributed by atoms with Gasteiger partial charge < -0.3 is 9.64 Å². The highest BCUT2D eigenvalue weighted by molar-refractivity contribution is 6.76. The van der Waals surface area contributed by atoms with Crippen molar-refractivity contribution in [2.75, 3.05) is 19.7 Å². The number of esters is 1. The van der Waals surface area contributed by atoms with Crippen LogP contribution in [-0.2, 0) is 14.3 Å². The Labute approximate surface area is 121 Å². The number of carbonyl (C=O) groups is 2. The van der Waals surface area contributed by atoms with E-state index in [1.165, 1.54) is 4.90 Å². The number of halogens is 3. The molecule has 1 fully saturated rings. The predicted molar refractivity (Wildman–Crippen MR) is 70.8 cm³/mol. The highest BCUT2D eigenvalue weighted by Crippen LogP contribution is 2.31. The number of unbranched alkanes of at least 4 members (excludes halogenated alkanes) is 1. The zero-order valence-corrected chi connectivity index (χ0v) is 12.4. The Bertz CT molecular complexity index is 317. The minimum Gasteiger partial charge on any atom is -0.465 e. The van der Waals surface area contributed by atoms with E-state index in [2.05, 4.69) is 0 Å². The normalized spacial score (nSPS) is 20.0. The fraction of sp³-hybridized carbons (Fsp3) is 0.818. The van der Waals surface area contributed by atoms with Gasteiger partial charge in [0.1, 0.15) is 0 Å². The molecule has 0 aromatic heterocycles. The number of carbonyl (C=O) groups excluding carboxylic acids is 2. The van der Waals surface area contributed by atoms with Crippen LogP contribution in [0.5, 0.6) is 0 Å². The summed E-state index contributed by atoms with van der Waals surface area (Å²) in [6, 6.07) is 0. The second-order valence-electron chi connectivity index (χ2n) is 4.26. The second kappa shape index (κ2) is 6.83. The van der Waals surface area contributed by atoms with E-state index in [-0.39, 0.29) is 18.4 Å². The van der Waals surface area contributed by atoms with Crippen molar-refractivity contribution in [3.8, 4) is 0 Å². The molecule has 1 saturated heterocycles. The van der Waals surface area contributed by atoms with Gasteiger partial charge in [-0.1, -0.05) is 48.1 Å². The maximum absolute atomic E-state index is 11.7. The summed E-state index contributed by atoms with van der Waals surface area (Å²) in [4.78, 5) is 24.7. The monoisotopic (exact) mass is 315 g/mol. The molecule has 0 N–H and O–H groups in total. The molecular weight excluding hydrogens is 300 g/mol. The zero-order chi connectivity index (χ0) is 13.8. The number of rotatable bonds is 4. The van der Waals surface area contributed by atoms with Gasteiger partial charge in [0.15, 0.2) is 0 Å². The van der Waals surface area contributed by atoms with Crippen molar-refractivity contribution in [3.63, 3.8) is 0 Å². The molecule has 0 aromatic carbocycles. The van der Waals surface area contributed by atoms with Crippen LogP contribution in [0.25, 0.3) is 0 Å². The quantitative estimate of drug-likeness (QED) is 0.455. The lowest BCUT2D eigenvalue weighted by atomic mass is 10.1. The standard InChI is InChI=1S/C11H16Cl3NO3/c1-2-3-6-18-9(16)8-4-5-15(7-8)10(17)11(12,13)14/h8H,2-7H2,1H3. The van der Waals surface area contributed by atoms with E-state index in [1.807, 2.05) is 6.92 Å². The van der Waals surface area contributed by atoms with Crippen LogP contribution in [-0.4, -0.2) is 40.3 Å². The third kappa shape index (κ3) is 4.48. The van der Waals surface area contributed by atoms with Crippen LogP contribution in [0.3, 0.4) is 0 Å². The maximum atomic E-state index is 11.7. The average molecular weight is 317 g/mol. The Morgan fingerprint density at radius 3 is 2.61 bits per heavy atom. The first kappa shape index (κ1) is 15.9. The van der Waals surface area contributed by atoms with Gasteiger partial charge in [0.2, 0.25) is 0 Å². The molecule has 1 atom stereocenters. The van der Waals surface area contributed by atoms with E-state index in [0.29, 0.717) is 19.6 Å². The molecule has 0 saturated carbocycles. The van der Waals surface area contributed by atoms with E-state index in [9.17, 15) is 9.59 Å². The van der Waals surface area contributed by atoms with Crippen LogP contribution < -0.4 is 0 Å². The molecule has 104 valence electrons. The van der Waals surface area contributed by atoms with Gasteiger partial charge in [0.25, 0.3) is 9.70 Å². The number of alkyl halides is 3. The second-order valence-corrected chi connectivity index (χ2v) is 6.54. The van der Waals surface area contributed by atoms with Crippen LogP contribution in [0.15, 0.2) is 0 Å². The van der Waals surface area contributed by atoms with Gasteiger partial charge in [0.05, 0.1) is 12.5 Å². The Kier molecular flexibility index (Phi) is 6.02. The molecule has 0 bridgehead atoms. The van der Waals surface area contributed by atoms with Crippen molar-refractivity contribution in [1.82, 2.24) is 4.90 Å². The highest BCUT2D eigenvalue weighted by atomic mass is 35.6. The summed E-state index contributed by atoms with van der Waals surface area (Å²) in [5.41, 5.74) is 0. The molecule has 0 aliphatic carbocycles. The molecule has 4 nitrogen and oxygen atoms in total. The smallest absolute Gasteiger partial charge is 0.310 e. The first-order valence-electron chi connectivity index (χ1n) is 5.89. The average Bonchev–Trinajstić information content (AvgIpc) is 2.76. The zero-order valence-electron chi connectivity index (χ0n) is 10.1. The van der Waals surface area contributed by atoms with Gasteiger partial charge in [0, 0.05) is 13.1 Å². The van der Waals surface area contributed by atoms with Crippen LogP contribution in [0.2, 0.25) is 0 Å². The predicted octanol–water partition coefficient (Wildman–Crippen LogP) is 2.55. The molecular formula is C11H16Cl3NO3. The Hall–Kier alpha value is -0.190. The van der Waals surface area contributed by atoms with Crippen molar-refractivity contribution >= 4 is 46.7 Å². The summed E-state index contributed by atoms with van der Waals surface area (Å²) in [5.74, 6) is -1.17. The number of ether oxygens (including phenoxy) is 1. The summed E-state index contributed by atoms with van der Waals surface area (Å²) >= 11 is 16.6. The van der Waals surface area contributed by atoms with E-state index < -0.39 is 9.70 Å². The third-order valence-electron chi connectivity index (χ3n) is 2.79. The van der Waals surface area contributed by atoms with Crippen LogP contribution >= 0.6 is 34.8 Å². The highest BCUT2D eigenvalue weighted by Gasteiger charge is 2.40. The van der Waals surface area contributed by atoms with Gasteiger partial charge >= 0.3 is 5.97 Å². The molecule has 18 heavy (non-hydrogen) atoms. The number of amides is 1. The molecule has 1 unspecified atom stereocenters. The molecule has 0 spiro atoms. The topological polar surface area (TPSA) is 46.6 Å². The van der Waals surface area contributed by atoms with Gasteiger partial charge in [-0.3, -0.25) is 9.59 Å². The summed E-state index contributed by atoms with van der Waals surface area (Å²) in [5, 5.41) is 0. The number of hydrogen-bond acceptors (Lipinski definition) is 3. The minimum absolute atomic E-state index is 0.262. The van der Waals surface area contributed by atoms with Gasteiger partial charge in [-0.05, 0) is 12.8 Å². The lowest BCUT2D eigenvalue weighted by molar-refractivity contribution is -0.148. The molecule has 1 rings (SSSR count). The van der Waals surface area contributed by atoms with Crippen molar-refractivity contribution in [1.29, 1.82) is 0 Å². The minimum atomic E-state index is -1.96. The van der Waals surface area contributed by atoms with E-state index in [4.69, 9.17) is 39.5 Å². The summed E-state index contributed by atoms with van der Waals surface area (Å²) in [6.07, 6.45) is 2.36. The Morgan fingerprint density at radius 1 is 1.39 bits per heavy atom. The fourth-order valence-corrected chi connectivity index (χ4v) is 2.11.